The smallest absolute Gasteiger partial charge is 0.315 e. The number of benzene rings is 4. The summed E-state index contributed by atoms with van der Waals surface area (Å²) >= 11 is 12.5. The second-order valence-electron chi connectivity index (χ2n) is 11.2. The average molecular weight is 658 g/mol. The molecule has 0 aliphatic carbocycles. The summed E-state index contributed by atoms with van der Waals surface area (Å²) in [6.45, 7) is 1.29. The number of aromatic nitrogens is 2. The molecule has 2 heterocycles. The number of carbonyl (C=O) groups is 1. The van der Waals surface area contributed by atoms with Crippen LogP contribution in [-0.2, 0) is 35.7 Å². The standard InChI is InChI=1S/C36H34Cl2N4O4/c37-33-34(38)42(23-41-33)21-31-18-32(27-14-12-25(22-43)13-15-27)46-35(45-31)30-11-5-10-29(17-30)28-9-4-8-26(16-28)20-40-36(44)39-19-24-6-2-1-3-7-24/h1-17,23,31-32,35,43H,18-22H2,(H2,39,40,44)/t31-,32+,35+/m1/s1. The van der Waals surface area contributed by atoms with E-state index in [1.54, 1.807) is 10.9 Å². The molecule has 1 aliphatic heterocycles. The molecule has 6 rings (SSSR count). The highest BCUT2D eigenvalue weighted by Gasteiger charge is 2.33. The number of urea groups is 1. The molecule has 1 aromatic heterocycles. The van der Waals surface area contributed by atoms with Gasteiger partial charge in [-0.05, 0) is 45.5 Å². The van der Waals surface area contributed by atoms with E-state index < -0.39 is 6.29 Å². The van der Waals surface area contributed by atoms with Crippen molar-refractivity contribution < 1.29 is 19.4 Å². The molecule has 8 nitrogen and oxygen atoms in total. The molecule has 1 aliphatic rings. The summed E-state index contributed by atoms with van der Waals surface area (Å²) in [6.07, 6.45) is 1.07. The van der Waals surface area contributed by atoms with Crippen molar-refractivity contribution in [3.05, 3.63) is 148 Å². The van der Waals surface area contributed by atoms with Crippen LogP contribution in [0.5, 0.6) is 0 Å². The van der Waals surface area contributed by atoms with Gasteiger partial charge in [-0.15, -0.1) is 0 Å². The molecule has 0 bridgehead atoms. The summed E-state index contributed by atoms with van der Waals surface area (Å²) in [7, 11) is 0. The highest BCUT2D eigenvalue weighted by atomic mass is 35.5. The quantitative estimate of drug-likeness (QED) is 0.144. The Bertz CT molecular complexity index is 1760. The first-order valence-electron chi connectivity index (χ1n) is 15.1. The Morgan fingerprint density at radius 3 is 2.22 bits per heavy atom. The molecule has 3 atom stereocenters. The molecule has 10 heteroatoms. The molecule has 4 aromatic carbocycles. The van der Waals surface area contributed by atoms with Crippen molar-refractivity contribution >= 4 is 29.2 Å². The summed E-state index contributed by atoms with van der Waals surface area (Å²) < 4.78 is 14.8. The number of ether oxygens (including phenoxy) is 2. The Hall–Kier alpha value is -4.18. The molecule has 46 heavy (non-hydrogen) atoms. The average Bonchev–Trinajstić information content (AvgIpc) is 3.42. The predicted molar refractivity (Wildman–Crippen MR) is 178 cm³/mol. The molecule has 0 unspecified atom stereocenters. The maximum atomic E-state index is 12.4. The van der Waals surface area contributed by atoms with Gasteiger partial charge in [0.1, 0.15) is 5.15 Å². The summed E-state index contributed by atoms with van der Waals surface area (Å²) in [6, 6.07) is 33.5. The first-order valence-corrected chi connectivity index (χ1v) is 15.8. The SMILES string of the molecule is O=C(NCc1ccccc1)NCc1cccc(-c2cccc([C@H]3O[C@@H](Cn4cnc(Cl)c4Cl)C[C@@H](c4ccc(CO)cc4)O3)c2)c1. The normalized spacial score (nSPS) is 17.8. The van der Waals surface area contributed by atoms with Gasteiger partial charge in [0.05, 0.1) is 31.7 Å². The number of nitrogens with one attached hydrogen (secondary N) is 2. The van der Waals surface area contributed by atoms with E-state index in [0.29, 0.717) is 31.2 Å². The van der Waals surface area contributed by atoms with Crippen LogP contribution in [0.1, 0.15) is 46.6 Å². The maximum absolute atomic E-state index is 12.4. The van der Waals surface area contributed by atoms with Crippen LogP contribution < -0.4 is 10.6 Å². The summed E-state index contributed by atoms with van der Waals surface area (Å²) in [5.41, 5.74) is 6.72. The molecule has 3 N–H and O–H groups in total. The molecular weight excluding hydrogens is 623 g/mol. The Labute approximate surface area is 277 Å². The van der Waals surface area contributed by atoms with Gasteiger partial charge in [0.15, 0.2) is 11.4 Å². The van der Waals surface area contributed by atoms with E-state index >= 15 is 0 Å². The molecular formula is C36H34Cl2N4O4. The van der Waals surface area contributed by atoms with Crippen LogP contribution in [-0.4, -0.2) is 26.8 Å². The van der Waals surface area contributed by atoms with E-state index in [0.717, 1.165) is 38.9 Å². The lowest BCUT2D eigenvalue weighted by Crippen LogP contribution is -2.34. The lowest BCUT2D eigenvalue weighted by Gasteiger charge is -2.36. The summed E-state index contributed by atoms with van der Waals surface area (Å²) in [5.74, 6) is 0. The van der Waals surface area contributed by atoms with Crippen molar-refractivity contribution in [3.63, 3.8) is 0 Å². The number of aliphatic hydroxyl groups excluding tert-OH is 1. The van der Waals surface area contributed by atoms with Crippen molar-refractivity contribution in [3.8, 4) is 11.1 Å². The minimum Gasteiger partial charge on any atom is -0.392 e. The van der Waals surface area contributed by atoms with Gasteiger partial charge in [-0.2, -0.15) is 0 Å². The Morgan fingerprint density at radius 1 is 0.804 bits per heavy atom. The lowest BCUT2D eigenvalue weighted by atomic mass is 9.98. The number of imidazole rings is 1. The third-order valence-corrected chi connectivity index (χ3v) is 8.69. The van der Waals surface area contributed by atoms with Crippen LogP contribution in [0, 0.1) is 0 Å². The molecule has 0 spiro atoms. The van der Waals surface area contributed by atoms with Crippen LogP contribution >= 0.6 is 23.2 Å². The second kappa shape index (κ2) is 14.9. The number of hydrogen-bond donors (Lipinski definition) is 3. The largest absolute Gasteiger partial charge is 0.392 e. The topological polar surface area (TPSA) is 97.6 Å². The zero-order valence-electron chi connectivity index (χ0n) is 25.0. The monoisotopic (exact) mass is 656 g/mol. The molecule has 0 radical (unpaired) electrons. The fourth-order valence-electron chi connectivity index (χ4n) is 5.47. The van der Waals surface area contributed by atoms with Gasteiger partial charge in [0.25, 0.3) is 0 Å². The number of rotatable bonds is 10. The van der Waals surface area contributed by atoms with E-state index in [4.69, 9.17) is 32.7 Å². The molecule has 2 amide bonds. The summed E-state index contributed by atoms with van der Waals surface area (Å²) in [4.78, 5) is 16.5. The Balaban J connectivity index is 1.17. The number of hydrogen-bond acceptors (Lipinski definition) is 5. The fourth-order valence-corrected chi connectivity index (χ4v) is 5.78. The van der Waals surface area contributed by atoms with Crippen LogP contribution in [0.3, 0.4) is 0 Å². The first-order chi connectivity index (χ1) is 22.4. The van der Waals surface area contributed by atoms with Crippen LogP contribution in [0.25, 0.3) is 11.1 Å². The first kappa shape index (κ1) is 31.8. The third-order valence-electron chi connectivity index (χ3n) is 7.92. The Kier molecular flexibility index (Phi) is 10.3. The van der Waals surface area contributed by atoms with Crippen LogP contribution in [0.2, 0.25) is 10.3 Å². The second-order valence-corrected chi connectivity index (χ2v) is 11.9. The van der Waals surface area contributed by atoms with Gasteiger partial charge in [0, 0.05) is 25.1 Å². The van der Waals surface area contributed by atoms with Crippen LogP contribution in [0.4, 0.5) is 4.79 Å². The molecule has 1 fully saturated rings. The number of aliphatic hydroxyl groups is 1. The van der Waals surface area contributed by atoms with Gasteiger partial charge in [-0.1, -0.05) is 114 Å². The highest BCUT2D eigenvalue weighted by molar-refractivity contribution is 6.40. The number of nitrogens with zero attached hydrogens (tertiary/aromatic N) is 2. The van der Waals surface area contributed by atoms with E-state index in [1.165, 1.54) is 0 Å². The van der Waals surface area contributed by atoms with Crippen molar-refractivity contribution in [2.24, 2.45) is 0 Å². The van der Waals surface area contributed by atoms with Gasteiger partial charge in [-0.25, -0.2) is 9.78 Å². The highest BCUT2D eigenvalue weighted by Crippen LogP contribution is 2.39. The van der Waals surface area contributed by atoms with Crippen molar-refractivity contribution in [1.29, 1.82) is 0 Å². The fraction of sp³-hybridized carbons (Fsp3) is 0.222. The van der Waals surface area contributed by atoms with E-state index in [-0.39, 0.29) is 30.0 Å². The summed E-state index contributed by atoms with van der Waals surface area (Å²) in [5, 5.41) is 16.0. The van der Waals surface area contributed by atoms with E-state index in [1.807, 2.05) is 91.0 Å². The molecule has 0 saturated carbocycles. The number of amides is 2. The molecule has 1 saturated heterocycles. The zero-order chi connectivity index (χ0) is 31.9. The zero-order valence-corrected chi connectivity index (χ0v) is 26.5. The van der Waals surface area contributed by atoms with Crippen molar-refractivity contribution in [1.82, 2.24) is 20.2 Å². The predicted octanol–water partition coefficient (Wildman–Crippen LogP) is 7.59. The number of halogens is 2. The van der Waals surface area contributed by atoms with E-state index in [2.05, 4.69) is 27.8 Å². The van der Waals surface area contributed by atoms with Crippen molar-refractivity contribution in [2.75, 3.05) is 0 Å². The van der Waals surface area contributed by atoms with Gasteiger partial charge in [-0.3, -0.25) is 0 Å². The minimum atomic E-state index is -0.642. The Morgan fingerprint density at radius 2 is 1.50 bits per heavy atom. The van der Waals surface area contributed by atoms with Gasteiger partial charge in [0.2, 0.25) is 0 Å². The van der Waals surface area contributed by atoms with Gasteiger partial charge >= 0.3 is 6.03 Å². The van der Waals surface area contributed by atoms with Gasteiger partial charge < -0.3 is 29.8 Å². The van der Waals surface area contributed by atoms with E-state index in [9.17, 15) is 9.90 Å². The molecule has 236 valence electrons. The number of carbonyl (C=O) groups excluding carboxylic acids is 1. The van der Waals surface area contributed by atoms with Crippen molar-refractivity contribution in [2.45, 2.75) is 51.2 Å². The van der Waals surface area contributed by atoms with Crippen LogP contribution in [0.15, 0.2) is 109 Å². The molecule has 5 aromatic rings. The lowest BCUT2D eigenvalue weighted by molar-refractivity contribution is -0.252. The maximum Gasteiger partial charge on any atom is 0.315 e. The minimum absolute atomic E-state index is 0.0223. The third kappa shape index (κ3) is 7.96.